The van der Waals surface area contributed by atoms with Crippen LogP contribution < -0.4 is 0 Å². The van der Waals surface area contributed by atoms with E-state index in [0.717, 1.165) is 22.5 Å². The van der Waals surface area contributed by atoms with Gasteiger partial charge in [-0.25, -0.2) is 18.9 Å². The van der Waals surface area contributed by atoms with Crippen molar-refractivity contribution in [1.82, 2.24) is 29.1 Å². The zero-order chi connectivity index (χ0) is 27.2. The third-order valence-corrected chi connectivity index (χ3v) is 6.79. The first-order valence-electron chi connectivity index (χ1n) is 12.7. The summed E-state index contributed by atoms with van der Waals surface area (Å²) >= 11 is 0. The van der Waals surface area contributed by atoms with Crippen LogP contribution in [0.2, 0.25) is 0 Å². The number of Topliss-reactive ketones (excluding diaryl/α,β-unsaturated/α-hetero) is 1. The summed E-state index contributed by atoms with van der Waals surface area (Å²) < 4.78 is 22.6. The number of imidazole rings is 2. The lowest BCUT2D eigenvalue weighted by atomic mass is 10.0. The van der Waals surface area contributed by atoms with Crippen LogP contribution >= 0.6 is 0 Å². The molecule has 0 amide bonds. The van der Waals surface area contributed by atoms with Gasteiger partial charge in [-0.3, -0.25) is 9.20 Å². The number of pyridine rings is 1. The average Bonchev–Trinajstić information content (AvgIpc) is 3.67. The summed E-state index contributed by atoms with van der Waals surface area (Å²) in [5, 5.41) is 8.95. The Bertz CT molecular complexity index is 2020. The van der Waals surface area contributed by atoms with Gasteiger partial charge in [-0.15, -0.1) is 0 Å². The maximum atomic E-state index is 13.6. The van der Waals surface area contributed by atoms with Gasteiger partial charge >= 0.3 is 0 Å². The lowest BCUT2D eigenvalue weighted by Crippen LogP contribution is -2.06. The number of rotatable bonds is 6. The van der Waals surface area contributed by atoms with Crippen molar-refractivity contribution in [3.05, 3.63) is 120 Å². The summed E-state index contributed by atoms with van der Waals surface area (Å²) in [6.45, 7) is 1.73. The zero-order valence-corrected chi connectivity index (χ0v) is 21.3. The van der Waals surface area contributed by atoms with Gasteiger partial charge in [0.15, 0.2) is 11.4 Å². The van der Waals surface area contributed by atoms with Gasteiger partial charge in [0.2, 0.25) is 0 Å². The molecule has 0 aliphatic rings. The van der Waals surface area contributed by atoms with Crippen LogP contribution in [-0.2, 0) is 6.42 Å². The van der Waals surface area contributed by atoms with Gasteiger partial charge in [-0.05, 0) is 55.5 Å². The Kier molecular flexibility index (Phi) is 5.55. The van der Waals surface area contributed by atoms with Crippen molar-refractivity contribution >= 4 is 17.1 Å². The normalized spacial score (nSPS) is 11.4. The van der Waals surface area contributed by atoms with Gasteiger partial charge in [0.25, 0.3) is 0 Å². The number of halogens is 1. The zero-order valence-electron chi connectivity index (χ0n) is 21.3. The molecule has 0 atom stereocenters. The predicted octanol–water partition coefficient (Wildman–Crippen LogP) is 6.24. The van der Waals surface area contributed by atoms with E-state index in [1.807, 2.05) is 71.3 Å². The lowest BCUT2D eigenvalue weighted by molar-refractivity contribution is 0.0991. The van der Waals surface area contributed by atoms with E-state index in [4.69, 9.17) is 14.6 Å². The van der Waals surface area contributed by atoms with Crippen LogP contribution in [0.1, 0.15) is 21.8 Å². The molecule has 7 rings (SSSR count). The monoisotopic (exact) mass is 528 g/mol. The maximum Gasteiger partial charge on any atom is 0.174 e. The number of hydrogen-bond acceptors (Lipinski definition) is 6. The summed E-state index contributed by atoms with van der Waals surface area (Å²) in [6, 6.07) is 25.2. The lowest BCUT2D eigenvalue weighted by Gasteiger charge is -2.05. The highest BCUT2D eigenvalue weighted by Gasteiger charge is 2.23. The minimum Gasteiger partial charge on any atom is -0.360 e. The number of benzene rings is 2. The van der Waals surface area contributed by atoms with Gasteiger partial charge in [0, 0.05) is 17.3 Å². The molecule has 5 heterocycles. The van der Waals surface area contributed by atoms with E-state index in [2.05, 4.69) is 10.1 Å². The first kappa shape index (κ1) is 23.7. The Hall–Kier alpha value is -5.44. The molecule has 7 aromatic rings. The number of carbonyl (C=O) groups excluding carboxylic acids is 1. The average molecular weight is 529 g/mol. The van der Waals surface area contributed by atoms with Crippen molar-refractivity contribution < 1.29 is 13.7 Å². The first-order valence-corrected chi connectivity index (χ1v) is 12.7. The van der Waals surface area contributed by atoms with E-state index in [9.17, 15) is 9.18 Å². The molecule has 0 aliphatic carbocycles. The van der Waals surface area contributed by atoms with E-state index < -0.39 is 0 Å². The maximum absolute atomic E-state index is 13.6. The first-order chi connectivity index (χ1) is 19.5. The number of ketones is 1. The van der Waals surface area contributed by atoms with Crippen molar-refractivity contribution in [2.24, 2.45) is 0 Å². The molecule has 194 valence electrons. The molecule has 0 fully saturated rings. The van der Waals surface area contributed by atoms with Gasteiger partial charge < -0.3 is 4.52 Å². The highest BCUT2D eigenvalue weighted by molar-refractivity contribution is 6.03. The van der Waals surface area contributed by atoms with Crippen molar-refractivity contribution in [2.45, 2.75) is 13.3 Å². The molecule has 5 aromatic heterocycles. The largest absolute Gasteiger partial charge is 0.360 e. The van der Waals surface area contributed by atoms with Crippen molar-refractivity contribution in [1.29, 1.82) is 0 Å². The van der Waals surface area contributed by atoms with E-state index in [1.54, 1.807) is 29.8 Å². The third kappa shape index (κ3) is 4.04. The third-order valence-electron chi connectivity index (χ3n) is 6.79. The highest BCUT2D eigenvalue weighted by atomic mass is 19.1. The molecular formula is C31H21FN6O2. The van der Waals surface area contributed by atoms with Crippen molar-refractivity contribution in [3.8, 4) is 33.9 Å². The van der Waals surface area contributed by atoms with Crippen LogP contribution in [0.15, 0.2) is 102 Å². The molecule has 0 saturated heterocycles. The molecular weight excluding hydrogens is 507 g/mol. The second-order valence-corrected chi connectivity index (χ2v) is 9.43. The summed E-state index contributed by atoms with van der Waals surface area (Å²) in [5.41, 5.74) is 6.59. The highest BCUT2D eigenvalue weighted by Crippen LogP contribution is 2.32. The second kappa shape index (κ2) is 9.39. The Labute approximate surface area is 227 Å². The van der Waals surface area contributed by atoms with Crippen LogP contribution in [0.25, 0.3) is 45.2 Å². The van der Waals surface area contributed by atoms with E-state index in [1.165, 1.54) is 12.1 Å². The summed E-state index contributed by atoms with van der Waals surface area (Å²) in [6.07, 6.45) is 3.74. The van der Waals surface area contributed by atoms with Gasteiger partial charge in [-0.1, -0.05) is 41.6 Å². The SMILES string of the molecule is Cc1onc(-c2ccccc2)c1C(=O)Cc1cn2nc(-c3c(-c4ccc(F)cc4)nc4ccccn34)ccc2n1. The van der Waals surface area contributed by atoms with Gasteiger partial charge in [0.1, 0.15) is 34.3 Å². The number of fused-ring (bicyclic) bond motifs is 2. The number of nitrogens with zero attached hydrogens (tertiary/aromatic N) is 6. The number of carbonyl (C=O) groups is 1. The standard InChI is InChI=1S/C31H21FN6O2/c1-19-28(29(36-40-19)20-7-3-2-4-8-20)25(39)17-23-18-38-27(33-23)15-14-24(35-38)31-30(21-10-12-22(32)13-11-21)34-26-9-5-6-16-37(26)31/h2-16,18H,17H2,1H3. The Balaban J connectivity index is 1.26. The molecule has 0 bridgehead atoms. The summed E-state index contributed by atoms with van der Waals surface area (Å²) in [5.74, 6) is 0.0157. The second-order valence-electron chi connectivity index (χ2n) is 9.43. The molecule has 0 unspecified atom stereocenters. The van der Waals surface area contributed by atoms with Crippen LogP contribution in [-0.4, -0.2) is 34.9 Å². The molecule has 0 radical (unpaired) electrons. The fourth-order valence-electron chi connectivity index (χ4n) is 4.94. The molecule has 8 nitrogen and oxygen atoms in total. The van der Waals surface area contributed by atoms with Gasteiger partial charge in [-0.2, -0.15) is 5.10 Å². The fourth-order valence-corrected chi connectivity index (χ4v) is 4.94. The summed E-state index contributed by atoms with van der Waals surface area (Å²) in [4.78, 5) is 22.8. The Morgan fingerprint density at radius 2 is 1.62 bits per heavy atom. The Morgan fingerprint density at radius 3 is 2.45 bits per heavy atom. The fraction of sp³-hybridized carbons (Fsp3) is 0.0645. The van der Waals surface area contributed by atoms with Crippen molar-refractivity contribution in [3.63, 3.8) is 0 Å². The summed E-state index contributed by atoms with van der Waals surface area (Å²) in [7, 11) is 0. The van der Waals surface area contributed by atoms with E-state index in [0.29, 0.717) is 39.7 Å². The molecule has 0 saturated carbocycles. The van der Waals surface area contributed by atoms with E-state index >= 15 is 0 Å². The Morgan fingerprint density at radius 1 is 0.850 bits per heavy atom. The minimum absolute atomic E-state index is 0.0665. The molecule has 2 aromatic carbocycles. The predicted molar refractivity (Wildman–Crippen MR) is 147 cm³/mol. The van der Waals surface area contributed by atoms with Crippen LogP contribution in [0.4, 0.5) is 4.39 Å². The number of aryl methyl sites for hydroxylation is 1. The number of hydrogen-bond donors (Lipinski definition) is 0. The smallest absolute Gasteiger partial charge is 0.174 e. The molecule has 40 heavy (non-hydrogen) atoms. The minimum atomic E-state index is -0.314. The van der Waals surface area contributed by atoms with Crippen LogP contribution in [0.3, 0.4) is 0 Å². The molecule has 9 heteroatoms. The van der Waals surface area contributed by atoms with E-state index in [-0.39, 0.29) is 18.0 Å². The van der Waals surface area contributed by atoms with Crippen LogP contribution in [0.5, 0.6) is 0 Å². The molecule has 0 aliphatic heterocycles. The van der Waals surface area contributed by atoms with Crippen LogP contribution in [0, 0.1) is 12.7 Å². The molecule has 0 spiro atoms. The van der Waals surface area contributed by atoms with Crippen molar-refractivity contribution in [2.75, 3.05) is 0 Å². The molecule has 0 N–H and O–H groups in total. The quantitative estimate of drug-likeness (QED) is 0.237. The topological polar surface area (TPSA) is 90.6 Å². The number of aromatic nitrogens is 6. The van der Waals surface area contributed by atoms with Gasteiger partial charge in [0.05, 0.1) is 29.6 Å².